The Balaban J connectivity index is 1.75. The van der Waals surface area contributed by atoms with Gasteiger partial charge in [-0.2, -0.15) is 0 Å². The largest absolute Gasteiger partial charge is 0.508 e. The Bertz CT molecular complexity index is 922. The van der Waals surface area contributed by atoms with Gasteiger partial charge >= 0.3 is 6.03 Å². The highest BCUT2D eigenvalue weighted by molar-refractivity contribution is 6.30. The zero-order valence-corrected chi connectivity index (χ0v) is 14.7. The Morgan fingerprint density at radius 2 is 1.73 bits per heavy atom. The molecule has 0 spiro atoms. The van der Waals surface area contributed by atoms with Crippen molar-refractivity contribution in [3.63, 3.8) is 0 Å². The molecule has 0 saturated carbocycles. The van der Waals surface area contributed by atoms with E-state index in [4.69, 9.17) is 11.6 Å². The molecule has 0 radical (unpaired) electrons. The number of phenols is 1. The molecule has 0 aromatic heterocycles. The van der Waals surface area contributed by atoms with E-state index in [2.05, 4.69) is 5.32 Å². The van der Waals surface area contributed by atoms with Gasteiger partial charge < -0.3 is 15.3 Å². The van der Waals surface area contributed by atoms with E-state index >= 15 is 0 Å². The van der Waals surface area contributed by atoms with Crippen LogP contribution in [0.3, 0.4) is 0 Å². The second-order valence-electron chi connectivity index (χ2n) is 6.26. The van der Waals surface area contributed by atoms with Crippen LogP contribution in [0.1, 0.15) is 11.6 Å². The van der Waals surface area contributed by atoms with Gasteiger partial charge in [-0.25, -0.2) is 4.79 Å². The van der Waals surface area contributed by atoms with Crippen LogP contribution in [-0.4, -0.2) is 35.5 Å². The molecule has 7 heteroatoms. The van der Waals surface area contributed by atoms with Gasteiger partial charge in [-0.05, 0) is 42.0 Å². The first-order chi connectivity index (χ1) is 12.5. The van der Waals surface area contributed by atoms with Crippen LogP contribution in [0.15, 0.2) is 59.8 Å². The van der Waals surface area contributed by atoms with E-state index in [0.717, 1.165) is 5.56 Å². The zero-order valence-electron chi connectivity index (χ0n) is 13.9. The number of rotatable bonds is 2. The van der Waals surface area contributed by atoms with Crippen LogP contribution in [0.25, 0.3) is 0 Å². The highest BCUT2D eigenvalue weighted by Gasteiger charge is 2.43. The van der Waals surface area contributed by atoms with E-state index in [1.54, 1.807) is 48.3 Å². The van der Waals surface area contributed by atoms with Gasteiger partial charge in [0.05, 0.1) is 23.9 Å². The molecular weight excluding hydrogens is 354 g/mol. The molecule has 2 aliphatic heterocycles. The quantitative estimate of drug-likeness (QED) is 0.854. The molecule has 1 atom stereocenters. The lowest BCUT2D eigenvalue weighted by atomic mass is 9.96. The minimum Gasteiger partial charge on any atom is -0.508 e. The number of phenolic OH excluding ortho intramolecular Hbond substituents is 1. The summed E-state index contributed by atoms with van der Waals surface area (Å²) in [5.74, 6) is -0.0383. The summed E-state index contributed by atoms with van der Waals surface area (Å²) in [6, 6.07) is 12.7. The van der Waals surface area contributed by atoms with E-state index in [9.17, 15) is 14.7 Å². The first-order valence-corrected chi connectivity index (χ1v) is 8.47. The number of aromatic hydroxyl groups is 1. The Morgan fingerprint density at radius 3 is 2.38 bits per heavy atom. The summed E-state index contributed by atoms with van der Waals surface area (Å²) in [6.07, 6.45) is 0. The Morgan fingerprint density at radius 1 is 1.08 bits per heavy atom. The van der Waals surface area contributed by atoms with Crippen molar-refractivity contribution < 1.29 is 14.7 Å². The molecule has 4 rings (SSSR count). The number of anilines is 1. The van der Waals surface area contributed by atoms with Gasteiger partial charge in [-0.15, -0.1) is 0 Å². The van der Waals surface area contributed by atoms with Crippen molar-refractivity contribution in [2.75, 3.05) is 18.5 Å². The topological polar surface area (TPSA) is 72.9 Å². The molecule has 0 fully saturated rings. The number of nitrogens with one attached hydrogen (secondary N) is 1. The molecule has 26 heavy (non-hydrogen) atoms. The van der Waals surface area contributed by atoms with Crippen molar-refractivity contribution in [2.24, 2.45) is 0 Å². The summed E-state index contributed by atoms with van der Waals surface area (Å²) in [5.41, 5.74) is 2.68. The maximum Gasteiger partial charge on any atom is 0.322 e. The molecular formula is C19H16ClN3O3. The predicted octanol–water partition coefficient (Wildman–Crippen LogP) is 3.04. The average Bonchev–Trinajstić information content (AvgIpc) is 2.97. The zero-order chi connectivity index (χ0) is 18.4. The van der Waals surface area contributed by atoms with Crippen molar-refractivity contribution in [3.8, 4) is 5.75 Å². The monoisotopic (exact) mass is 369 g/mol. The molecule has 2 aromatic rings. The number of urea groups is 1. The molecule has 2 aromatic carbocycles. The molecule has 0 aliphatic carbocycles. The summed E-state index contributed by atoms with van der Waals surface area (Å²) < 4.78 is 0. The van der Waals surface area contributed by atoms with Crippen molar-refractivity contribution in [1.82, 2.24) is 10.2 Å². The number of hydrogen-bond acceptors (Lipinski definition) is 3. The predicted molar refractivity (Wildman–Crippen MR) is 98.0 cm³/mol. The first-order valence-electron chi connectivity index (χ1n) is 8.09. The normalized spacial score (nSPS) is 19.7. The summed E-state index contributed by atoms with van der Waals surface area (Å²) in [5, 5.41) is 12.9. The van der Waals surface area contributed by atoms with Crippen LogP contribution < -0.4 is 10.2 Å². The summed E-state index contributed by atoms with van der Waals surface area (Å²) in [6.45, 7) is 0.299. The number of benzene rings is 2. The molecule has 0 saturated heterocycles. The smallest absolute Gasteiger partial charge is 0.322 e. The Kier molecular flexibility index (Phi) is 3.85. The highest BCUT2D eigenvalue weighted by atomic mass is 35.5. The van der Waals surface area contributed by atoms with Crippen LogP contribution in [0.4, 0.5) is 10.5 Å². The molecule has 2 N–H and O–H groups in total. The number of amides is 3. The maximum absolute atomic E-state index is 13.1. The third-order valence-corrected chi connectivity index (χ3v) is 4.98. The minimum atomic E-state index is -0.527. The Labute approximate surface area is 155 Å². The molecule has 0 bridgehead atoms. The van der Waals surface area contributed by atoms with Gasteiger partial charge in [-0.3, -0.25) is 9.69 Å². The molecule has 0 unspecified atom stereocenters. The fraction of sp³-hybridized carbons (Fsp3) is 0.158. The molecule has 2 heterocycles. The third-order valence-electron chi connectivity index (χ3n) is 4.73. The van der Waals surface area contributed by atoms with Crippen molar-refractivity contribution >= 4 is 29.2 Å². The van der Waals surface area contributed by atoms with Gasteiger partial charge in [0.15, 0.2) is 0 Å². The van der Waals surface area contributed by atoms with Gasteiger partial charge in [0, 0.05) is 17.8 Å². The lowest BCUT2D eigenvalue weighted by Crippen LogP contribution is -2.45. The van der Waals surface area contributed by atoms with E-state index < -0.39 is 6.04 Å². The third kappa shape index (κ3) is 2.59. The van der Waals surface area contributed by atoms with Crippen molar-refractivity contribution in [1.29, 1.82) is 0 Å². The van der Waals surface area contributed by atoms with Crippen LogP contribution in [0.5, 0.6) is 5.75 Å². The fourth-order valence-electron chi connectivity index (χ4n) is 3.31. The fourth-order valence-corrected chi connectivity index (χ4v) is 3.44. The second-order valence-corrected chi connectivity index (χ2v) is 6.70. The first kappa shape index (κ1) is 16.5. The summed E-state index contributed by atoms with van der Waals surface area (Å²) in [4.78, 5) is 28.6. The van der Waals surface area contributed by atoms with Crippen LogP contribution >= 0.6 is 11.6 Å². The summed E-state index contributed by atoms with van der Waals surface area (Å²) >= 11 is 5.96. The lowest BCUT2D eigenvalue weighted by Gasteiger charge is -2.31. The maximum atomic E-state index is 13.1. The number of hydrogen-bond donors (Lipinski definition) is 2. The van der Waals surface area contributed by atoms with E-state index in [0.29, 0.717) is 28.5 Å². The Hall–Kier alpha value is -2.99. The molecule has 132 valence electrons. The minimum absolute atomic E-state index is 0.131. The van der Waals surface area contributed by atoms with Gasteiger partial charge in [0.25, 0.3) is 5.91 Å². The lowest BCUT2D eigenvalue weighted by molar-refractivity contribution is -0.114. The number of carbonyl (C=O) groups is 2. The van der Waals surface area contributed by atoms with Crippen LogP contribution in [-0.2, 0) is 4.79 Å². The van der Waals surface area contributed by atoms with Crippen molar-refractivity contribution in [2.45, 2.75) is 6.04 Å². The van der Waals surface area contributed by atoms with E-state index in [1.807, 2.05) is 0 Å². The highest BCUT2D eigenvalue weighted by Crippen LogP contribution is 2.38. The second kappa shape index (κ2) is 6.07. The molecule has 3 amide bonds. The summed E-state index contributed by atoms with van der Waals surface area (Å²) in [7, 11) is 1.65. The average molecular weight is 370 g/mol. The SMILES string of the molecule is CN1C(=O)N[C@@H](c2ccc(Cl)cc2)C2=C1CN(c1ccc(O)cc1)C2=O. The number of halogens is 1. The molecule has 2 aliphatic rings. The molecule has 6 nitrogen and oxygen atoms in total. The number of likely N-dealkylation sites (N-methyl/N-ethyl adjacent to an activating group) is 1. The van der Waals surface area contributed by atoms with Gasteiger partial charge in [0.1, 0.15) is 5.75 Å². The van der Waals surface area contributed by atoms with E-state index in [1.165, 1.54) is 17.0 Å². The van der Waals surface area contributed by atoms with E-state index in [-0.39, 0.29) is 17.7 Å². The number of carbonyl (C=O) groups excluding carboxylic acids is 2. The van der Waals surface area contributed by atoms with Crippen LogP contribution in [0, 0.1) is 0 Å². The van der Waals surface area contributed by atoms with Gasteiger partial charge in [0.2, 0.25) is 0 Å². The standard InChI is InChI=1S/C19H16ClN3O3/c1-22-15-10-23(13-6-8-14(24)9-7-13)18(25)16(15)17(21-19(22)26)11-2-4-12(20)5-3-11/h2-9,17,24H,10H2,1H3,(H,21,26)/t17-/m0/s1. The van der Waals surface area contributed by atoms with Gasteiger partial charge in [-0.1, -0.05) is 23.7 Å². The number of nitrogens with zero attached hydrogens (tertiary/aromatic N) is 2. The van der Waals surface area contributed by atoms with Crippen LogP contribution in [0.2, 0.25) is 5.02 Å². The van der Waals surface area contributed by atoms with Crippen molar-refractivity contribution in [3.05, 3.63) is 70.4 Å².